The highest BCUT2D eigenvalue weighted by Gasteiger charge is 1.97. The van der Waals surface area contributed by atoms with Gasteiger partial charge in [-0.3, -0.25) is 0 Å². The lowest BCUT2D eigenvalue weighted by molar-refractivity contribution is -0.133. The van der Waals surface area contributed by atoms with Crippen LogP contribution in [0.25, 0.3) is 0 Å². The lowest BCUT2D eigenvalue weighted by Gasteiger charge is -1.97. The Balaban J connectivity index is 2.96. The van der Waals surface area contributed by atoms with Crippen LogP contribution in [0.15, 0.2) is 12.3 Å². The zero-order valence-electron chi connectivity index (χ0n) is 8.00. The summed E-state index contributed by atoms with van der Waals surface area (Å²) < 4.78 is 4.35. The first-order valence-electron chi connectivity index (χ1n) is 3.95. The van der Waals surface area contributed by atoms with Crippen LogP contribution < -0.4 is 5.73 Å². The number of nitrogens with two attached hydrogens (primary N) is 1. The Bertz CT molecular complexity index is 416. The maximum absolute atomic E-state index is 10.7. The lowest BCUT2D eigenvalue weighted by atomic mass is 10.2. The van der Waals surface area contributed by atoms with Crippen LogP contribution in [0.3, 0.4) is 0 Å². The average Bonchev–Trinajstić information content (AvgIpc) is 2.16. The van der Waals surface area contributed by atoms with Crippen molar-refractivity contribution in [2.75, 3.05) is 12.8 Å². The highest BCUT2D eigenvalue weighted by molar-refractivity contribution is 5.89. The fourth-order valence-corrected chi connectivity index (χ4v) is 0.858. The van der Waals surface area contributed by atoms with E-state index in [-0.39, 0.29) is 0 Å². The quantitative estimate of drug-likeness (QED) is 0.478. The van der Waals surface area contributed by atoms with Crippen molar-refractivity contribution in [2.24, 2.45) is 0 Å². The number of nitrogens with zero attached hydrogens (tertiary/aromatic N) is 1. The van der Waals surface area contributed by atoms with Crippen molar-refractivity contribution in [2.45, 2.75) is 6.92 Å². The third-order valence-corrected chi connectivity index (χ3v) is 1.52. The topological polar surface area (TPSA) is 65.2 Å². The molecule has 1 aromatic rings. The molecule has 14 heavy (non-hydrogen) atoms. The van der Waals surface area contributed by atoms with Gasteiger partial charge in [0.1, 0.15) is 5.69 Å². The van der Waals surface area contributed by atoms with Crippen molar-refractivity contribution in [1.82, 2.24) is 4.98 Å². The molecule has 4 nitrogen and oxygen atoms in total. The second-order valence-electron chi connectivity index (χ2n) is 2.69. The van der Waals surface area contributed by atoms with E-state index in [4.69, 9.17) is 5.73 Å². The molecule has 0 saturated heterocycles. The molecule has 0 bridgehead atoms. The third kappa shape index (κ3) is 2.49. The fraction of sp³-hybridized carbons (Fsp3) is 0.200. The number of hydrogen-bond donors (Lipinski definition) is 1. The number of aryl methyl sites for hydroxylation is 1. The van der Waals surface area contributed by atoms with Gasteiger partial charge >= 0.3 is 5.97 Å². The molecule has 0 aliphatic rings. The zero-order chi connectivity index (χ0) is 10.6. The maximum Gasteiger partial charge on any atom is 0.384 e. The van der Waals surface area contributed by atoms with Gasteiger partial charge in [0.25, 0.3) is 0 Å². The van der Waals surface area contributed by atoms with Crippen molar-refractivity contribution < 1.29 is 9.53 Å². The molecule has 1 aromatic heterocycles. The van der Waals surface area contributed by atoms with Crippen LogP contribution in [0.4, 0.5) is 5.69 Å². The maximum atomic E-state index is 10.7. The molecule has 0 fully saturated rings. The SMILES string of the molecule is COC(=O)C#Cc1ncc(C)cc1N. The van der Waals surface area contributed by atoms with Gasteiger partial charge in [0.2, 0.25) is 0 Å². The highest BCUT2D eigenvalue weighted by Crippen LogP contribution is 2.08. The first kappa shape index (κ1) is 10.1. The normalized spacial score (nSPS) is 8.71. The number of aromatic nitrogens is 1. The molecule has 1 heterocycles. The van der Waals surface area contributed by atoms with Crippen LogP contribution in [0.2, 0.25) is 0 Å². The summed E-state index contributed by atoms with van der Waals surface area (Å²) >= 11 is 0. The summed E-state index contributed by atoms with van der Waals surface area (Å²) in [4.78, 5) is 14.7. The first-order valence-corrected chi connectivity index (χ1v) is 3.95. The molecule has 0 amide bonds. The van der Waals surface area contributed by atoms with Crippen LogP contribution in [-0.4, -0.2) is 18.1 Å². The number of methoxy groups -OCH3 is 1. The smallest absolute Gasteiger partial charge is 0.384 e. The Morgan fingerprint density at radius 1 is 1.64 bits per heavy atom. The summed E-state index contributed by atoms with van der Waals surface area (Å²) in [6.45, 7) is 1.88. The largest absolute Gasteiger partial charge is 0.459 e. The number of hydrogen-bond acceptors (Lipinski definition) is 4. The third-order valence-electron chi connectivity index (χ3n) is 1.52. The van der Waals surface area contributed by atoms with Gasteiger partial charge < -0.3 is 10.5 Å². The van der Waals surface area contributed by atoms with E-state index in [1.54, 1.807) is 12.3 Å². The summed E-state index contributed by atoms with van der Waals surface area (Å²) in [6, 6.07) is 1.74. The van der Waals surface area contributed by atoms with E-state index in [9.17, 15) is 4.79 Å². The molecular weight excluding hydrogens is 180 g/mol. The van der Waals surface area contributed by atoms with E-state index in [1.807, 2.05) is 6.92 Å². The standard InChI is InChI=1S/C10H10N2O2/c1-7-5-8(11)9(12-6-7)3-4-10(13)14-2/h5-6H,11H2,1-2H3. The molecule has 4 heteroatoms. The van der Waals surface area contributed by atoms with Crippen LogP contribution in [0.1, 0.15) is 11.3 Å². The number of rotatable bonds is 0. The Hall–Kier alpha value is -2.02. The number of pyridine rings is 1. The molecule has 0 atom stereocenters. The minimum atomic E-state index is -0.605. The van der Waals surface area contributed by atoms with Crippen LogP contribution in [-0.2, 0) is 9.53 Å². The van der Waals surface area contributed by atoms with Crippen molar-refractivity contribution in [1.29, 1.82) is 0 Å². The van der Waals surface area contributed by atoms with Crippen molar-refractivity contribution in [3.05, 3.63) is 23.5 Å². The van der Waals surface area contributed by atoms with Crippen LogP contribution in [0.5, 0.6) is 0 Å². The van der Waals surface area contributed by atoms with Gasteiger partial charge in [0, 0.05) is 12.1 Å². The molecule has 72 valence electrons. The molecular formula is C10H10N2O2. The van der Waals surface area contributed by atoms with Crippen LogP contribution in [0, 0.1) is 18.8 Å². The zero-order valence-corrected chi connectivity index (χ0v) is 8.00. The second-order valence-corrected chi connectivity index (χ2v) is 2.69. The molecule has 0 unspecified atom stereocenters. The summed E-state index contributed by atoms with van der Waals surface area (Å²) in [5.74, 6) is 4.18. The van der Waals surface area contributed by atoms with Crippen molar-refractivity contribution in [3.8, 4) is 11.8 Å². The Labute approximate surface area is 82.1 Å². The van der Waals surface area contributed by atoms with Crippen LogP contribution >= 0.6 is 0 Å². The number of carbonyl (C=O) groups excluding carboxylic acids is 1. The molecule has 0 spiro atoms. The first-order chi connectivity index (χ1) is 6.63. The van der Waals surface area contributed by atoms with E-state index >= 15 is 0 Å². The average molecular weight is 190 g/mol. The van der Waals surface area contributed by atoms with Gasteiger partial charge in [-0.15, -0.1) is 0 Å². The molecule has 1 rings (SSSR count). The summed E-state index contributed by atoms with van der Waals surface area (Å²) in [5, 5.41) is 0. The van der Waals surface area contributed by atoms with E-state index in [1.165, 1.54) is 7.11 Å². The molecule has 0 aromatic carbocycles. The Morgan fingerprint density at radius 3 is 2.93 bits per heavy atom. The summed E-state index contributed by atoms with van der Waals surface area (Å²) in [7, 11) is 1.27. The Morgan fingerprint density at radius 2 is 2.36 bits per heavy atom. The number of anilines is 1. The predicted octanol–water partition coefficient (Wildman–Crippen LogP) is 0.497. The van der Waals surface area contributed by atoms with E-state index in [0.29, 0.717) is 11.4 Å². The summed E-state index contributed by atoms with van der Waals surface area (Å²) in [5.41, 5.74) is 7.43. The molecule has 0 saturated carbocycles. The van der Waals surface area contributed by atoms with Gasteiger partial charge in [0.05, 0.1) is 12.8 Å². The number of ether oxygens (including phenoxy) is 1. The van der Waals surface area contributed by atoms with Gasteiger partial charge in [-0.2, -0.15) is 0 Å². The minimum Gasteiger partial charge on any atom is -0.459 e. The van der Waals surface area contributed by atoms with E-state index in [0.717, 1.165) is 5.56 Å². The van der Waals surface area contributed by atoms with Gasteiger partial charge in [-0.05, 0) is 24.5 Å². The Kier molecular flexibility index (Phi) is 3.08. The van der Waals surface area contributed by atoms with E-state index in [2.05, 4.69) is 21.6 Å². The van der Waals surface area contributed by atoms with Gasteiger partial charge in [-0.25, -0.2) is 9.78 Å². The molecule has 0 radical (unpaired) electrons. The second kappa shape index (κ2) is 4.28. The highest BCUT2D eigenvalue weighted by atomic mass is 16.5. The molecule has 0 aliphatic carbocycles. The fourth-order valence-electron chi connectivity index (χ4n) is 0.858. The van der Waals surface area contributed by atoms with Gasteiger partial charge in [0.15, 0.2) is 0 Å². The monoisotopic (exact) mass is 190 g/mol. The summed E-state index contributed by atoms with van der Waals surface area (Å²) in [6.07, 6.45) is 1.64. The number of nitrogen functional groups attached to an aromatic ring is 1. The van der Waals surface area contributed by atoms with Crippen molar-refractivity contribution in [3.63, 3.8) is 0 Å². The van der Waals surface area contributed by atoms with Gasteiger partial charge in [-0.1, -0.05) is 0 Å². The molecule has 2 N–H and O–H groups in total. The van der Waals surface area contributed by atoms with E-state index < -0.39 is 5.97 Å². The lowest BCUT2D eigenvalue weighted by Crippen LogP contribution is -1.97. The number of esters is 1. The minimum absolute atomic E-state index is 0.390. The molecule has 0 aliphatic heterocycles. The van der Waals surface area contributed by atoms with Crippen molar-refractivity contribution >= 4 is 11.7 Å². The number of carbonyl (C=O) groups is 1. The predicted molar refractivity (Wildman–Crippen MR) is 52.3 cm³/mol.